The van der Waals surface area contributed by atoms with Gasteiger partial charge in [0.1, 0.15) is 12.3 Å². The molecular formula is C17H20N2O6. The van der Waals surface area contributed by atoms with Gasteiger partial charge < -0.3 is 19.9 Å². The van der Waals surface area contributed by atoms with Gasteiger partial charge in [-0.1, -0.05) is 12.1 Å². The topological polar surface area (TPSA) is 105 Å². The number of amides is 2. The molecule has 0 saturated carbocycles. The number of rotatable bonds is 6. The molecule has 2 aliphatic heterocycles. The molecule has 1 aromatic carbocycles. The first-order chi connectivity index (χ1) is 12.0. The number of ether oxygens (including phenoxy) is 2. The number of carboxylic acid groups (broad SMARTS) is 1. The molecule has 134 valence electrons. The van der Waals surface area contributed by atoms with Gasteiger partial charge in [0.05, 0.1) is 18.2 Å². The zero-order chi connectivity index (χ0) is 17.8. The van der Waals surface area contributed by atoms with Crippen molar-refractivity contribution in [3.05, 3.63) is 24.3 Å². The van der Waals surface area contributed by atoms with Gasteiger partial charge >= 0.3 is 5.97 Å². The van der Waals surface area contributed by atoms with Crippen molar-refractivity contribution >= 4 is 23.5 Å². The molecule has 0 radical (unpaired) electrons. The van der Waals surface area contributed by atoms with Crippen LogP contribution in [-0.2, 0) is 19.1 Å². The van der Waals surface area contributed by atoms with E-state index < -0.39 is 24.4 Å². The Balaban J connectivity index is 1.69. The smallest absolute Gasteiger partial charge is 0.307 e. The molecular weight excluding hydrogens is 328 g/mol. The van der Waals surface area contributed by atoms with Crippen molar-refractivity contribution in [2.24, 2.45) is 0 Å². The van der Waals surface area contributed by atoms with Gasteiger partial charge in [0, 0.05) is 13.2 Å². The maximum atomic E-state index is 12.6. The van der Waals surface area contributed by atoms with Crippen LogP contribution in [0.3, 0.4) is 0 Å². The van der Waals surface area contributed by atoms with Crippen molar-refractivity contribution in [3.8, 4) is 5.75 Å². The van der Waals surface area contributed by atoms with Crippen LogP contribution in [0.1, 0.15) is 19.3 Å². The minimum atomic E-state index is -1.14. The minimum Gasteiger partial charge on any atom is -0.481 e. The number of hydrogen-bond acceptors (Lipinski definition) is 5. The number of carbonyl (C=O) groups is 3. The highest BCUT2D eigenvalue weighted by atomic mass is 16.5. The van der Waals surface area contributed by atoms with Crippen LogP contribution >= 0.6 is 0 Å². The van der Waals surface area contributed by atoms with Crippen LogP contribution in [0.4, 0.5) is 5.69 Å². The van der Waals surface area contributed by atoms with Gasteiger partial charge in [-0.3, -0.25) is 19.3 Å². The van der Waals surface area contributed by atoms with E-state index in [2.05, 4.69) is 5.32 Å². The average Bonchev–Trinajstić information content (AvgIpc) is 3.10. The predicted molar refractivity (Wildman–Crippen MR) is 87.4 cm³/mol. The zero-order valence-electron chi connectivity index (χ0n) is 13.6. The third-order valence-corrected chi connectivity index (χ3v) is 4.18. The van der Waals surface area contributed by atoms with E-state index in [0.29, 0.717) is 24.6 Å². The summed E-state index contributed by atoms with van der Waals surface area (Å²) in [5, 5.41) is 11.7. The highest BCUT2D eigenvalue weighted by molar-refractivity contribution is 6.04. The number of nitrogens with zero attached hydrogens (tertiary/aromatic N) is 1. The number of para-hydroxylation sites is 2. The summed E-state index contributed by atoms with van der Waals surface area (Å²) in [5.74, 6) is -1.61. The second-order valence-electron chi connectivity index (χ2n) is 6.04. The van der Waals surface area contributed by atoms with E-state index >= 15 is 0 Å². The first-order valence-corrected chi connectivity index (χ1v) is 8.22. The summed E-state index contributed by atoms with van der Waals surface area (Å²) < 4.78 is 10.9. The molecule has 2 aliphatic rings. The van der Waals surface area contributed by atoms with Gasteiger partial charge in [-0.25, -0.2) is 0 Å². The summed E-state index contributed by atoms with van der Waals surface area (Å²) >= 11 is 0. The lowest BCUT2D eigenvalue weighted by atomic mass is 10.1. The minimum absolute atomic E-state index is 0.0105. The number of fused-ring (bicyclic) bond motifs is 1. The maximum Gasteiger partial charge on any atom is 0.307 e. The molecule has 2 amide bonds. The van der Waals surface area contributed by atoms with Gasteiger partial charge in [-0.2, -0.15) is 0 Å². The molecule has 0 aromatic heterocycles. The van der Waals surface area contributed by atoms with Gasteiger partial charge in [0.2, 0.25) is 5.91 Å². The Kier molecular flexibility index (Phi) is 5.18. The lowest BCUT2D eigenvalue weighted by molar-refractivity contribution is -0.142. The molecule has 25 heavy (non-hydrogen) atoms. The van der Waals surface area contributed by atoms with Gasteiger partial charge in [0.25, 0.3) is 5.91 Å². The lowest BCUT2D eigenvalue weighted by Gasteiger charge is -2.33. The van der Waals surface area contributed by atoms with Crippen LogP contribution in [-0.4, -0.2) is 54.8 Å². The Bertz CT molecular complexity index is 671. The van der Waals surface area contributed by atoms with E-state index in [1.54, 1.807) is 24.3 Å². The zero-order valence-corrected chi connectivity index (χ0v) is 13.6. The molecule has 3 rings (SSSR count). The van der Waals surface area contributed by atoms with Crippen LogP contribution in [0.5, 0.6) is 5.75 Å². The first-order valence-electron chi connectivity index (χ1n) is 8.22. The van der Waals surface area contributed by atoms with E-state index in [1.807, 2.05) is 0 Å². The van der Waals surface area contributed by atoms with Crippen molar-refractivity contribution in [2.45, 2.75) is 31.5 Å². The molecule has 0 aliphatic carbocycles. The number of aliphatic carboxylic acids is 1. The predicted octanol–water partition coefficient (Wildman–Crippen LogP) is 0.550. The third kappa shape index (κ3) is 4.08. The number of anilines is 1. The van der Waals surface area contributed by atoms with Crippen molar-refractivity contribution in [1.29, 1.82) is 0 Å². The quantitative estimate of drug-likeness (QED) is 0.778. The third-order valence-electron chi connectivity index (χ3n) is 4.18. The van der Waals surface area contributed by atoms with Crippen molar-refractivity contribution in [2.75, 3.05) is 24.6 Å². The van der Waals surface area contributed by atoms with E-state index in [9.17, 15) is 14.4 Å². The van der Waals surface area contributed by atoms with Crippen LogP contribution in [0, 0.1) is 0 Å². The standard InChI is InChI=1S/C17H20N2O6/c20-15(18-9-11-4-3-7-24-11)10-19-12-5-1-2-6-13(12)25-14(17(19)23)8-16(21)22/h1-2,5-6,11,14H,3-4,7-10H2,(H,18,20)(H,21,22). The van der Waals surface area contributed by atoms with Gasteiger partial charge in [-0.05, 0) is 25.0 Å². The van der Waals surface area contributed by atoms with Gasteiger partial charge in [0.15, 0.2) is 6.10 Å². The summed E-state index contributed by atoms with van der Waals surface area (Å²) in [5.41, 5.74) is 0.460. The summed E-state index contributed by atoms with van der Waals surface area (Å²) in [6.45, 7) is 0.909. The molecule has 2 N–H and O–H groups in total. The molecule has 1 saturated heterocycles. The first kappa shape index (κ1) is 17.2. The average molecular weight is 348 g/mol. The Morgan fingerprint density at radius 3 is 2.84 bits per heavy atom. The molecule has 0 spiro atoms. The summed E-state index contributed by atoms with van der Waals surface area (Å²) in [6, 6.07) is 6.76. The fraction of sp³-hybridized carbons (Fsp3) is 0.471. The molecule has 8 heteroatoms. The lowest BCUT2D eigenvalue weighted by Crippen LogP contribution is -2.50. The number of benzene rings is 1. The molecule has 0 bridgehead atoms. The molecule has 8 nitrogen and oxygen atoms in total. The number of nitrogens with one attached hydrogen (secondary N) is 1. The van der Waals surface area contributed by atoms with Crippen LogP contribution < -0.4 is 15.0 Å². The fourth-order valence-corrected chi connectivity index (χ4v) is 2.96. The maximum absolute atomic E-state index is 12.6. The highest BCUT2D eigenvalue weighted by Crippen LogP contribution is 2.34. The number of carbonyl (C=O) groups excluding carboxylic acids is 2. The molecule has 1 fully saturated rings. The molecule has 2 atom stereocenters. The summed E-state index contributed by atoms with van der Waals surface area (Å²) in [4.78, 5) is 37.0. The second kappa shape index (κ2) is 7.52. The number of carboxylic acids is 1. The Morgan fingerprint density at radius 1 is 1.32 bits per heavy atom. The largest absolute Gasteiger partial charge is 0.481 e. The van der Waals surface area contributed by atoms with Crippen LogP contribution in [0.15, 0.2) is 24.3 Å². The van der Waals surface area contributed by atoms with Gasteiger partial charge in [-0.15, -0.1) is 0 Å². The van der Waals surface area contributed by atoms with E-state index in [1.165, 1.54) is 4.90 Å². The van der Waals surface area contributed by atoms with E-state index in [0.717, 1.165) is 12.8 Å². The molecule has 1 aromatic rings. The normalized spacial score (nSPS) is 22.2. The van der Waals surface area contributed by atoms with Crippen molar-refractivity contribution in [1.82, 2.24) is 5.32 Å². The van der Waals surface area contributed by atoms with E-state index in [4.69, 9.17) is 14.6 Å². The van der Waals surface area contributed by atoms with Crippen molar-refractivity contribution in [3.63, 3.8) is 0 Å². The Labute approximate surface area is 144 Å². The molecule has 2 unspecified atom stereocenters. The van der Waals surface area contributed by atoms with Crippen LogP contribution in [0.25, 0.3) is 0 Å². The SMILES string of the molecule is O=C(O)CC1Oc2ccccc2N(CC(=O)NCC2CCCO2)C1=O. The highest BCUT2D eigenvalue weighted by Gasteiger charge is 2.36. The summed E-state index contributed by atoms with van der Waals surface area (Å²) in [6.07, 6.45) is 0.295. The number of hydrogen-bond donors (Lipinski definition) is 2. The summed E-state index contributed by atoms with van der Waals surface area (Å²) in [7, 11) is 0. The van der Waals surface area contributed by atoms with E-state index in [-0.39, 0.29) is 18.6 Å². The Morgan fingerprint density at radius 2 is 2.12 bits per heavy atom. The fourth-order valence-electron chi connectivity index (χ4n) is 2.96. The monoisotopic (exact) mass is 348 g/mol. The van der Waals surface area contributed by atoms with Crippen LogP contribution in [0.2, 0.25) is 0 Å². The second-order valence-corrected chi connectivity index (χ2v) is 6.04. The molecule has 2 heterocycles. The van der Waals surface area contributed by atoms with Crippen molar-refractivity contribution < 1.29 is 29.0 Å². The Hall–Kier alpha value is -2.61.